The molecule has 0 aromatic heterocycles. The van der Waals surface area contributed by atoms with Gasteiger partial charge in [-0.2, -0.15) is 0 Å². The van der Waals surface area contributed by atoms with E-state index in [-0.39, 0.29) is 30.6 Å². The Balaban J connectivity index is 1.92. The first-order valence-corrected chi connectivity index (χ1v) is 9.56. The molecule has 1 saturated heterocycles. The van der Waals surface area contributed by atoms with Crippen LogP contribution >= 0.6 is 58.8 Å². The first-order chi connectivity index (χ1) is 12.8. The summed E-state index contributed by atoms with van der Waals surface area (Å²) >= 11 is 24.3. The lowest BCUT2D eigenvalue weighted by atomic mass is 10.1. The smallest absolute Gasteiger partial charge is 0.285 e. The number of nitrogens with one attached hydrogen (secondary N) is 1. The second-order valence-corrected chi connectivity index (χ2v) is 8.12. The van der Waals surface area contributed by atoms with Gasteiger partial charge in [-0.25, -0.2) is 5.01 Å². The summed E-state index contributed by atoms with van der Waals surface area (Å²) in [6.07, 6.45) is 1.42. The lowest BCUT2D eigenvalue weighted by molar-refractivity contribution is -0.385. The number of amides is 1. The standard InChI is InChI=1S/C16H8Cl3N3O3S2/c17-9-6-10(18)14(11(19)7-9)20-21-15(23)13(27-16(21)26)5-8-3-1-2-4-12(8)22(24)25/h1-7,20H/b13-5+. The van der Waals surface area contributed by atoms with E-state index in [2.05, 4.69) is 5.43 Å². The van der Waals surface area contributed by atoms with E-state index < -0.39 is 10.8 Å². The maximum Gasteiger partial charge on any atom is 0.285 e. The maximum absolute atomic E-state index is 12.7. The molecule has 0 saturated carbocycles. The van der Waals surface area contributed by atoms with Crippen LogP contribution < -0.4 is 5.43 Å². The summed E-state index contributed by atoms with van der Waals surface area (Å²) in [7, 11) is 0. The fraction of sp³-hybridized carbons (Fsp3) is 0. The van der Waals surface area contributed by atoms with Gasteiger partial charge in [-0.15, -0.1) is 0 Å². The number of halogens is 3. The van der Waals surface area contributed by atoms with Gasteiger partial charge in [-0.1, -0.05) is 58.7 Å². The highest BCUT2D eigenvalue weighted by Gasteiger charge is 2.34. The van der Waals surface area contributed by atoms with E-state index in [1.807, 2.05) is 0 Å². The monoisotopic (exact) mass is 459 g/mol. The van der Waals surface area contributed by atoms with Crippen LogP contribution in [0.3, 0.4) is 0 Å². The lowest BCUT2D eigenvalue weighted by Gasteiger charge is -2.19. The predicted octanol–water partition coefficient (Wildman–Crippen LogP) is 5.78. The minimum Gasteiger partial charge on any atom is -0.287 e. The van der Waals surface area contributed by atoms with Gasteiger partial charge < -0.3 is 0 Å². The van der Waals surface area contributed by atoms with E-state index in [9.17, 15) is 14.9 Å². The van der Waals surface area contributed by atoms with Crippen molar-refractivity contribution in [1.29, 1.82) is 0 Å². The first-order valence-electron chi connectivity index (χ1n) is 7.20. The number of nitro groups is 1. The first kappa shape index (κ1) is 19.9. The van der Waals surface area contributed by atoms with E-state index >= 15 is 0 Å². The molecule has 2 aromatic carbocycles. The van der Waals surface area contributed by atoms with Crippen molar-refractivity contribution in [3.63, 3.8) is 0 Å². The van der Waals surface area contributed by atoms with Crippen LogP contribution in [0.1, 0.15) is 5.56 Å². The predicted molar refractivity (Wildman–Crippen MR) is 113 cm³/mol. The third kappa shape index (κ3) is 4.20. The minimum atomic E-state index is -0.516. The zero-order valence-electron chi connectivity index (χ0n) is 13.1. The molecule has 1 N–H and O–H groups in total. The lowest BCUT2D eigenvalue weighted by Crippen LogP contribution is -2.34. The van der Waals surface area contributed by atoms with E-state index in [0.717, 1.165) is 16.8 Å². The van der Waals surface area contributed by atoms with Gasteiger partial charge in [0.05, 0.1) is 31.1 Å². The number of hydrazine groups is 1. The summed E-state index contributed by atoms with van der Waals surface area (Å²) in [5.41, 5.74) is 3.24. The van der Waals surface area contributed by atoms with E-state index in [4.69, 9.17) is 47.0 Å². The van der Waals surface area contributed by atoms with E-state index in [1.54, 1.807) is 18.2 Å². The molecule has 2 aromatic rings. The Labute approximate surface area is 178 Å². The number of carbonyl (C=O) groups is 1. The van der Waals surface area contributed by atoms with Crippen molar-refractivity contribution in [3.05, 3.63) is 72.0 Å². The van der Waals surface area contributed by atoms with Crippen molar-refractivity contribution in [2.75, 3.05) is 5.43 Å². The van der Waals surface area contributed by atoms with Crippen molar-refractivity contribution in [2.24, 2.45) is 0 Å². The summed E-state index contributed by atoms with van der Waals surface area (Å²) in [6, 6.07) is 9.04. The number of anilines is 1. The summed E-state index contributed by atoms with van der Waals surface area (Å²) in [4.78, 5) is 23.6. The third-order valence-electron chi connectivity index (χ3n) is 3.44. The minimum absolute atomic E-state index is 0.112. The van der Waals surface area contributed by atoms with Crippen LogP contribution in [0.5, 0.6) is 0 Å². The Morgan fingerprint density at radius 1 is 1.19 bits per heavy atom. The van der Waals surface area contributed by atoms with Crippen LogP contribution in [0.4, 0.5) is 11.4 Å². The molecule has 1 aliphatic heterocycles. The molecule has 0 bridgehead atoms. The number of carbonyl (C=O) groups excluding carboxylic acids is 1. The van der Waals surface area contributed by atoms with Crippen LogP contribution in [0, 0.1) is 10.1 Å². The van der Waals surface area contributed by atoms with Gasteiger partial charge in [0.25, 0.3) is 11.6 Å². The summed E-state index contributed by atoms with van der Waals surface area (Å²) in [5.74, 6) is -0.481. The van der Waals surface area contributed by atoms with Gasteiger partial charge in [0.2, 0.25) is 0 Å². The SMILES string of the molecule is O=C1/C(=C\c2ccccc2[N+](=O)[O-])SC(=S)N1Nc1c(Cl)cc(Cl)cc1Cl. The van der Waals surface area contributed by atoms with Gasteiger partial charge in [-0.3, -0.25) is 20.3 Å². The molecule has 0 spiro atoms. The van der Waals surface area contributed by atoms with Crippen molar-refractivity contribution < 1.29 is 9.72 Å². The molecule has 1 amide bonds. The number of thiocarbonyl (C=S) groups is 1. The van der Waals surface area contributed by atoms with E-state index in [1.165, 1.54) is 24.3 Å². The topological polar surface area (TPSA) is 75.5 Å². The molecule has 3 rings (SSSR count). The Morgan fingerprint density at radius 3 is 2.44 bits per heavy atom. The second-order valence-electron chi connectivity index (χ2n) is 5.19. The van der Waals surface area contributed by atoms with Crippen molar-refractivity contribution in [3.8, 4) is 0 Å². The number of hydrogen-bond donors (Lipinski definition) is 1. The van der Waals surface area contributed by atoms with Crippen molar-refractivity contribution in [1.82, 2.24) is 5.01 Å². The third-order valence-corrected chi connectivity index (χ3v) is 5.56. The number of para-hydroxylation sites is 1. The van der Waals surface area contributed by atoms with Crippen molar-refractivity contribution >= 4 is 86.5 Å². The highest BCUT2D eigenvalue weighted by molar-refractivity contribution is 8.26. The fourth-order valence-corrected chi connectivity index (χ4v) is 4.31. The van der Waals surface area contributed by atoms with E-state index in [0.29, 0.717) is 10.6 Å². The second kappa shape index (κ2) is 8.04. The fourth-order valence-electron chi connectivity index (χ4n) is 2.24. The molecule has 0 atom stereocenters. The molecule has 11 heteroatoms. The number of rotatable bonds is 4. The summed E-state index contributed by atoms with van der Waals surface area (Å²) in [6.45, 7) is 0. The molecular formula is C16H8Cl3N3O3S2. The Hall–Kier alpha value is -1.84. The Kier molecular flexibility index (Phi) is 5.92. The average molecular weight is 461 g/mol. The van der Waals surface area contributed by atoms with Crippen LogP contribution in [0.15, 0.2) is 41.3 Å². The summed E-state index contributed by atoms with van der Waals surface area (Å²) < 4.78 is 0.201. The quantitative estimate of drug-likeness (QED) is 0.270. The number of nitro benzene ring substituents is 1. The molecule has 27 heavy (non-hydrogen) atoms. The van der Waals surface area contributed by atoms with Gasteiger partial charge >= 0.3 is 0 Å². The highest BCUT2D eigenvalue weighted by Crippen LogP contribution is 2.38. The highest BCUT2D eigenvalue weighted by atomic mass is 35.5. The van der Waals surface area contributed by atoms with Gasteiger partial charge in [0.15, 0.2) is 4.32 Å². The molecule has 0 unspecified atom stereocenters. The van der Waals surface area contributed by atoms with Crippen LogP contribution in [0.25, 0.3) is 6.08 Å². The molecule has 0 radical (unpaired) electrons. The molecular weight excluding hydrogens is 453 g/mol. The molecule has 1 aliphatic rings. The van der Waals surface area contributed by atoms with Crippen LogP contribution in [-0.2, 0) is 4.79 Å². The normalized spacial score (nSPS) is 15.5. The maximum atomic E-state index is 12.7. The average Bonchev–Trinajstić information content (AvgIpc) is 2.85. The zero-order chi connectivity index (χ0) is 19.7. The zero-order valence-corrected chi connectivity index (χ0v) is 17.0. The molecule has 1 heterocycles. The van der Waals surface area contributed by atoms with Gasteiger partial charge in [-0.05, 0) is 36.5 Å². The van der Waals surface area contributed by atoms with Gasteiger partial charge in [0, 0.05) is 11.1 Å². The molecule has 6 nitrogen and oxygen atoms in total. The molecule has 138 valence electrons. The Morgan fingerprint density at radius 2 is 1.81 bits per heavy atom. The van der Waals surface area contributed by atoms with Crippen LogP contribution in [0.2, 0.25) is 15.1 Å². The largest absolute Gasteiger partial charge is 0.287 e. The van der Waals surface area contributed by atoms with Crippen molar-refractivity contribution in [2.45, 2.75) is 0 Å². The van der Waals surface area contributed by atoms with Crippen LogP contribution in [-0.4, -0.2) is 20.2 Å². The van der Waals surface area contributed by atoms with Gasteiger partial charge in [0.1, 0.15) is 0 Å². The molecule has 0 aliphatic carbocycles. The Bertz CT molecular complexity index is 990. The number of hydrogen-bond acceptors (Lipinski definition) is 6. The number of nitrogens with zero attached hydrogens (tertiary/aromatic N) is 2. The number of benzene rings is 2. The number of thioether (sulfide) groups is 1. The molecule has 1 fully saturated rings. The summed E-state index contributed by atoms with van der Waals surface area (Å²) in [5, 5.41) is 13.0.